The molecule has 0 saturated carbocycles. The smallest absolute Gasteiger partial charge is 0.224 e. The number of carbonyl (C=O) groups is 1. The lowest BCUT2D eigenvalue weighted by Crippen LogP contribution is -2.45. The molecular weight excluding hydrogens is 284 g/mol. The summed E-state index contributed by atoms with van der Waals surface area (Å²) in [6, 6.07) is 2.34. The summed E-state index contributed by atoms with van der Waals surface area (Å²) in [4.78, 5) is 14.4. The van der Waals surface area contributed by atoms with Crippen molar-refractivity contribution in [1.29, 1.82) is 0 Å². The fraction of sp³-hybridized carbons (Fsp3) is 0.733. The van der Waals surface area contributed by atoms with Gasteiger partial charge in [-0.15, -0.1) is 0 Å². The molecule has 21 heavy (non-hydrogen) atoms. The first-order chi connectivity index (χ1) is 10.3. The number of amides is 1. The molecule has 116 valence electrons. The fourth-order valence-electron chi connectivity index (χ4n) is 3.13. The van der Waals surface area contributed by atoms with Crippen molar-refractivity contribution in [3.05, 3.63) is 18.5 Å². The van der Waals surface area contributed by atoms with E-state index < -0.39 is 0 Å². The number of hydrogen-bond donors (Lipinski definition) is 1. The summed E-state index contributed by atoms with van der Waals surface area (Å²) in [6.07, 6.45) is 6.70. The number of hydrogen-bond acceptors (Lipinski definition) is 4. The summed E-state index contributed by atoms with van der Waals surface area (Å²) in [5.74, 6) is 3.22. The van der Waals surface area contributed by atoms with Gasteiger partial charge >= 0.3 is 0 Å². The van der Waals surface area contributed by atoms with Crippen LogP contribution in [0.3, 0.4) is 0 Å². The van der Waals surface area contributed by atoms with Crippen molar-refractivity contribution < 1.29 is 4.79 Å². The van der Waals surface area contributed by atoms with Crippen LogP contribution in [-0.4, -0.2) is 57.8 Å². The van der Waals surface area contributed by atoms with E-state index in [-0.39, 0.29) is 0 Å². The first-order valence-electron chi connectivity index (χ1n) is 7.87. The van der Waals surface area contributed by atoms with Crippen LogP contribution in [0.4, 0.5) is 0 Å². The number of aromatic nitrogens is 2. The third-order valence-electron chi connectivity index (χ3n) is 4.39. The van der Waals surface area contributed by atoms with E-state index in [9.17, 15) is 4.79 Å². The van der Waals surface area contributed by atoms with Gasteiger partial charge in [0.25, 0.3) is 0 Å². The van der Waals surface area contributed by atoms with Gasteiger partial charge in [0.1, 0.15) is 0 Å². The highest BCUT2D eigenvalue weighted by molar-refractivity contribution is 7.99. The van der Waals surface area contributed by atoms with Gasteiger partial charge in [-0.3, -0.25) is 9.48 Å². The summed E-state index contributed by atoms with van der Waals surface area (Å²) < 4.78 is 2.01. The molecule has 1 amide bonds. The van der Waals surface area contributed by atoms with Crippen LogP contribution < -0.4 is 5.32 Å². The van der Waals surface area contributed by atoms with Crippen LogP contribution in [0, 0.1) is 5.92 Å². The lowest BCUT2D eigenvalue weighted by atomic mass is 9.96. The molecule has 3 heterocycles. The normalized spacial score (nSPS) is 24.2. The largest absolute Gasteiger partial charge is 0.343 e. The Morgan fingerprint density at radius 3 is 2.90 bits per heavy atom. The summed E-state index contributed by atoms with van der Waals surface area (Å²) >= 11 is 1.95. The van der Waals surface area contributed by atoms with Gasteiger partial charge in [-0.25, -0.2) is 0 Å². The van der Waals surface area contributed by atoms with E-state index in [1.807, 2.05) is 34.9 Å². The van der Waals surface area contributed by atoms with E-state index in [0.29, 0.717) is 24.3 Å². The lowest BCUT2D eigenvalue weighted by Gasteiger charge is -2.33. The third-order valence-corrected chi connectivity index (χ3v) is 5.52. The third kappa shape index (κ3) is 4.23. The van der Waals surface area contributed by atoms with Gasteiger partial charge in [0.2, 0.25) is 5.91 Å². The maximum Gasteiger partial charge on any atom is 0.224 e. The topological polar surface area (TPSA) is 50.2 Å². The monoisotopic (exact) mass is 308 g/mol. The zero-order chi connectivity index (χ0) is 14.5. The van der Waals surface area contributed by atoms with Crippen molar-refractivity contribution in [3.8, 4) is 0 Å². The molecule has 1 aromatic heterocycles. The molecule has 2 aliphatic heterocycles. The van der Waals surface area contributed by atoms with Gasteiger partial charge in [-0.05, 0) is 24.8 Å². The standard InChI is InChI=1S/C15H24N4OS/c20-15(10-14-12-21-9-5-16-14)18-7-2-13(3-8-18)11-19-6-1-4-17-19/h1,4,6,13-14,16H,2-3,5,7-12H2. The van der Waals surface area contributed by atoms with Crippen molar-refractivity contribution in [2.24, 2.45) is 5.92 Å². The van der Waals surface area contributed by atoms with Crippen LogP contribution in [0.15, 0.2) is 18.5 Å². The first-order valence-corrected chi connectivity index (χ1v) is 9.03. The second-order valence-corrected chi connectivity index (χ2v) is 7.13. The van der Waals surface area contributed by atoms with Crippen molar-refractivity contribution in [1.82, 2.24) is 20.0 Å². The molecule has 6 heteroatoms. The molecule has 0 aromatic carbocycles. The number of rotatable bonds is 4. The van der Waals surface area contributed by atoms with E-state index in [2.05, 4.69) is 15.3 Å². The lowest BCUT2D eigenvalue weighted by molar-refractivity contribution is -0.133. The minimum Gasteiger partial charge on any atom is -0.343 e. The predicted octanol–water partition coefficient (Wildman–Crippen LogP) is 1.22. The minimum atomic E-state index is 0.326. The highest BCUT2D eigenvalue weighted by Crippen LogP contribution is 2.20. The molecule has 5 nitrogen and oxygen atoms in total. The predicted molar refractivity (Wildman–Crippen MR) is 85.3 cm³/mol. The summed E-state index contributed by atoms with van der Waals surface area (Å²) in [5.41, 5.74) is 0. The second kappa shape index (κ2) is 7.31. The summed E-state index contributed by atoms with van der Waals surface area (Å²) in [5, 5.41) is 7.71. The minimum absolute atomic E-state index is 0.326. The SMILES string of the molecule is O=C(CC1CSCCN1)N1CCC(Cn2cccn2)CC1. The van der Waals surface area contributed by atoms with Crippen LogP contribution in [-0.2, 0) is 11.3 Å². The van der Waals surface area contributed by atoms with Crippen molar-refractivity contribution in [2.75, 3.05) is 31.1 Å². The Kier molecular flexibility index (Phi) is 5.19. The van der Waals surface area contributed by atoms with Gasteiger partial charge in [0, 0.05) is 62.5 Å². The highest BCUT2D eigenvalue weighted by Gasteiger charge is 2.25. The van der Waals surface area contributed by atoms with Crippen LogP contribution in [0.2, 0.25) is 0 Å². The van der Waals surface area contributed by atoms with E-state index in [1.165, 1.54) is 5.75 Å². The molecule has 0 bridgehead atoms. The Morgan fingerprint density at radius 1 is 1.38 bits per heavy atom. The van der Waals surface area contributed by atoms with Crippen molar-refractivity contribution in [3.63, 3.8) is 0 Å². The van der Waals surface area contributed by atoms with Gasteiger partial charge < -0.3 is 10.2 Å². The molecule has 2 saturated heterocycles. The fourth-order valence-corrected chi connectivity index (χ4v) is 4.08. The Balaban J connectivity index is 1.41. The van der Waals surface area contributed by atoms with Crippen LogP contribution in [0.25, 0.3) is 0 Å². The number of carbonyl (C=O) groups excluding carboxylic acids is 1. The maximum absolute atomic E-state index is 12.3. The average molecular weight is 308 g/mol. The molecule has 1 N–H and O–H groups in total. The number of piperidine rings is 1. The Hall–Kier alpha value is -1.01. The summed E-state index contributed by atoms with van der Waals surface area (Å²) in [7, 11) is 0. The zero-order valence-electron chi connectivity index (χ0n) is 12.4. The van der Waals surface area contributed by atoms with Gasteiger partial charge in [-0.1, -0.05) is 0 Å². The number of nitrogens with one attached hydrogen (secondary N) is 1. The molecule has 1 aromatic rings. The van der Waals surface area contributed by atoms with E-state index in [1.54, 1.807) is 0 Å². The average Bonchev–Trinajstić information content (AvgIpc) is 3.02. The van der Waals surface area contributed by atoms with Gasteiger partial charge in [-0.2, -0.15) is 16.9 Å². The van der Waals surface area contributed by atoms with Crippen molar-refractivity contribution >= 4 is 17.7 Å². The molecule has 1 atom stereocenters. The second-order valence-electron chi connectivity index (χ2n) is 5.98. The highest BCUT2D eigenvalue weighted by atomic mass is 32.2. The van der Waals surface area contributed by atoms with E-state index in [0.717, 1.165) is 44.8 Å². The molecule has 0 spiro atoms. The Bertz CT molecular complexity index is 437. The molecule has 1 unspecified atom stereocenters. The van der Waals surface area contributed by atoms with E-state index >= 15 is 0 Å². The molecule has 2 aliphatic rings. The van der Waals surface area contributed by atoms with Crippen LogP contribution >= 0.6 is 11.8 Å². The Morgan fingerprint density at radius 2 is 2.24 bits per heavy atom. The number of nitrogens with zero attached hydrogens (tertiary/aromatic N) is 3. The molecule has 0 radical (unpaired) electrons. The zero-order valence-corrected chi connectivity index (χ0v) is 13.2. The molecule has 2 fully saturated rings. The maximum atomic E-state index is 12.3. The molecular formula is C15H24N4OS. The molecule has 0 aliphatic carbocycles. The van der Waals surface area contributed by atoms with E-state index in [4.69, 9.17) is 0 Å². The van der Waals surface area contributed by atoms with Gasteiger partial charge in [0.15, 0.2) is 0 Å². The first kappa shape index (κ1) is 14.9. The van der Waals surface area contributed by atoms with Crippen LogP contribution in [0.5, 0.6) is 0 Å². The Labute approximate surface area is 130 Å². The van der Waals surface area contributed by atoms with Crippen LogP contribution in [0.1, 0.15) is 19.3 Å². The molecule has 3 rings (SSSR count). The number of likely N-dealkylation sites (tertiary alicyclic amines) is 1. The quantitative estimate of drug-likeness (QED) is 0.908. The summed E-state index contributed by atoms with van der Waals surface area (Å²) in [6.45, 7) is 3.83. The van der Waals surface area contributed by atoms with Gasteiger partial charge in [0.05, 0.1) is 0 Å². The number of thioether (sulfide) groups is 1. The van der Waals surface area contributed by atoms with Crippen molar-refractivity contribution in [2.45, 2.75) is 31.8 Å².